The molecule has 0 bridgehead atoms. The van der Waals surface area contributed by atoms with Gasteiger partial charge in [-0.3, -0.25) is 9.79 Å². The first-order chi connectivity index (χ1) is 8.04. The predicted octanol–water partition coefficient (Wildman–Crippen LogP) is 2.06. The molecule has 5 heteroatoms. The summed E-state index contributed by atoms with van der Waals surface area (Å²) in [7, 11) is 0. The van der Waals surface area contributed by atoms with Crippen molar-refractivity contribution in [2.24, 2.45) is 16.5 Å². The standard InChI is InChI=1S/C12H12IN3O/c1-2-16-11(13)7-10(14)8-4-3-5-9(6-8)12(15)17/h2-7H,1,14H2,(H2,15,17)/b10-7-,16-11+. The monoisotopic (exact) mass is 341 g/mol. The Morgan fingerprint density at radius 2 is 2.00 bits per heavy atom. The smallest absolute Gasteiger partial charge is 0.248 e. The van der Waals surface area contributed by atoms with Gasteiger partial charge in [0.2, 0.25) is 5.91 Å². The summed E-state index contributed by atoms with van der Waals surface area (Å²) in [5, 5.41) is 0. The Bertz CT molecular complexity index is 506. The topological polar surface area (TPSA) is 81.5 Å². The van der Waals surface area contributed by atoms with Crippen molar-refractivity contribution in [3.8, 4) is 0 Å². The summed E-state index contributed by atoms with van der Waals surface area (Å²) in [6.45, 7) is 3.49. The maximum atomic E-state index is 11.0. The second kappa shape index (κ2) is 6.19. The Morgan fingerprint density at radius 1 is 1.35 bits per heavy atom. The molecule has 1 aromatic carbocycles. The van der Waals surface area contributed by atoms with Gasteiger partial charge in [0.25, 0.3) is 0 Å². The SMILES string of the molecule is C=C/N=C(I)\C=C(/N)c1cccc(C(N)=O)c1. The molecule has 0 saturated heterocycles. The Balaban J connectivity index is 3.08. The first kappa shape index (κ1) is 13.4. The molecule has 0 spiro atoms. The van der Waals surface area contributed by atoms with Gasteiger partial charge >= 0.3 is 0 Å². The number of carbonyl (C=O) groups is 1. The quantitative estimate of drug-likeness (QED) is 0.649. The molecule has 0 fully saturated rings. The number of nitrogens with zero attached hydrogens (tertiary/aromatic N) is 1. The fourth-order valence-corrected chi connectivity index (χ4v) is 1.72. The van der Waals surface area contributed by atoms with E-state index < -0.39 is 5.91 Å². The molecule has 4 N–H and O–H groups in total. The third-order valence-electron chi connectivity index (χ3n) is 1.97. The third kappa shape index (κ3) is 4.03. The lowest BCUT2D eigenvalue weighted by atomic mass is 10.1. The van der Waals surface area contributed by atoms with E-state index in [4.69, 9.17) is 11.5 Å². The van der Waals surface area contributed by atoms with Crippen LogP contribution >= 0.6 is 22.6 Å². The van der Waals surface area contributed by atoms with Gasteiger partial charge in [0.05, 0.1) is 0 Å². The average Bonchev–Trinajstić information content (AvgIpc) is 2.29. The number of carbonyl (C=O) groups excluding carboxylic acids is 1. The molecular weight excluding hydrogens is 329 g/mol. The van der Waals surface area contributed by atoms with E-state index in [1.807, 2.05) is 22.6 Å². The highest BCUT2D eigenvalue weighted by Crippen LogP contribution is 2.12. The van der Waals surface area contributed by atoms with Crippen LogP contribution in [0.5, 0.6) is 0 Å². The van der Waals surface area contributed by atoms with Crippen LogP contribution in [0.15, 0.2) is 48.1 Å². The average molecular weight is 341 g/mol. The minimum atomic E-state index is -0.478. The Kier molecular flexibility index (Phi) is 4.89. The van der Waals surface area contributed by atoms with E-state index >= 15 is 0 Å². The molecule has 0 aliphatic rings. The van der Waals surface area contributed by atoms with Crippen molar-refractivity contribution >= 4 is 37.9 Å². The van der Waals surface area contributed by atoms with Gasteiger partial charge in [-0.2, -0.15) is 0 Å². The molecule has 0 atom stereocenters. The summed E-state index contributed by atoms with van der Waals surface area (Å²) in [6.07, 6.45) is 3.13. The van der Waals surface area contributed by atoms with E-state index in [2.05, 4.69) is 11.6 Å². The zero-order chi connectivity index (χ0) is 12.8. The van der Waals surface area contributed by atoms with Gasteiger partial charge in [-0.1, -0.05) is 18.7 Å². The Morgan fingerprint density at radius 3 is 2.59 bits per heavy atom. The maximum Gasteiger partial charge on any atom is 0.248 e. The molecular formula is C12H12IN3O. The van der Waals surface area contributed by atoms with Gasteiger partial charge < -0.3 is 11.5 Å². The molecule has 0 aliphatic carbocycles. The molecule has 0 heterocycles. The largest absolute Gasteiger partial charge is 0.398 e. The van der Waals surface area contributed by atoms with Crippen molar-refractivity contribution in [1.29, 1.82) is 0 Å². The minimum Gasteiger partial charge on any atom is -0.398 e. The summed E-state index contributed by atoms with van der Waals surface area (Å²) in [4.78, 5) is 15.0. The van der Waals surface area contributed by atoms with E-state index in [1.54, 1.807) is 30.3 Å². The molecule has 0 unspecified atom stereocenters. The van der Waals surface area contributed by atoms with Crippen LogP contribution in [-0.4, -0.2) is 9.63 Å². The Hall–Kier alpha value is -1.63. The summed E-state index contributed by atoms with van der Waals surface area (Å²) in [6, 6.07) is 6.82. The number of nitrogens with two attached hydrogens (primary N) is 2. The van der Waals surface area contributed by atoms with Crippen LogP contribution in [0.25, 0.3) is 5.70 Å². The van der Waals surface area contributed by atoms with Crippen LogP contribution < -0.4 is 11.5 Å². The van der Waals surface area contributed by atoms with E-state index in [1.165, 1.54) is 6.20 Å². The molecule has 1 amide bonds. The number of allylic oxidation sites excluding steroid dienone is 1. The lowest BCUT2D eigenvalue weighted by Crippen LogP contribution is -2.11. The second-order valence-corrected chi connectivity index (χ2v) is 4.28. The van der Waals surface area contributed by atoms with Gasteiger partial charge in [0, 0.05) is 17.5 Å². The van der Waals surface area contributed by atoms with Gasteiger partial charge in [0.1, 0.15) is 3.72 Å². The van der Waals surface area contributed by atoms with Crippen molar-refractivity contribution in [3.63, 3.8) is 0 Å². The van der Waals surface area contributed by atoms with Crippen LogP contribution in [-0.2, 0) is 0 Å². The van der Waals surface area contributed by atoms with Crippen LogP contribution in [0.1, 0.15) is 15.9 Å². The molecule has 1 rings (SSSR count). The van der Waals surface area contributed by atoms with Crippen molar-refractivity contribution in [2.45, 2.75) is 0 Å². The highest BCUT2D eigenvalue weighted by Gasteiger charge is 2.03. The molecule has 0 radical (unpaired) electrons. The first-order valence-corrected chi connectivity index (χ1v) is 5.84. The highest BCUT2D eigenvalue weighted by molar-refractivity contribution is 14.1. The van der Waals surface area contributed by atoms with Crippen molar-refractivity contribution < 1.29 is 4.79 Å². The van der Waals surface area contributed by atoms with Crippen LogP contribution in [0, 0.1) is 0 Å². The molecule has 0 aromatic heterocycles. The molecule has 0 saturated carbocycles. The van der Waals surface area contributed by atoms with E-state index in [0.717, 1.165) is 5.56 Å². The third-order valence-corrected chi connectivity index (χ3v) is 2.56. The Labute approximate surface area is 113 Å². The van der Waals surface area contributed by atoms with E-state index in [-0.39, 0.29) is 0 Å². The van der Waals surface area contributed by atoms with Crippen molar-refractivity contribution in [1.82, 2.24) is 0 Å². The minimum absolute atomic E-state index is 0.425. The molecule has 1 aromatic rings. The zero-order valence-electron chi connectivity index (χ0n) is 9.06. The fraction of sp³-hybridized carbons (Fsp3) is 0. The number of hydrogen-bond acceptors (Lipinski definition) is 3. The number of rotatable bonds is 4. The van der Waals surface area contributed by atoms with E-state index in [9.17, 15) is 4.79 Å². The molecule has 17 heavy (non-hydrogen) atoms. The van der Waals surface area contributed by atoms with Crippen LogP contribution in [0.3, 0.4) is 0 Å². The van der Waals surface area contributed by atoms with Gasteiger partial charge in [0.15, 0.2) is 0 Å². The van der Waals surface area contributed by atoms with E-state index in [0.29, 0.717) is 15.0 Å². The first-order valence-electron chi connectivity index (χ1n) is 4.76. The number of aliphatic imine (C=N–C) groups is 1. The number of halogens is 1. The lowest BCUT2D eigenvalue weighted by Gasteiger charge is -2.03. The number of hydrogen-bond donors (Lipinski definition) is 2. The molecule has 88 valence electrons. The van der Waals surface area contributed by atoms with Gasteiger partial charge in [-0.05, 0) is 46.4 Å². The van der Waals surface area contributed by atoms with Crippen LogP contribution in [0.4, 0.5) is 0 Å². The van der Waals surface area contributed by atoms with Crippen LogP contribution in [0.2, 0.25) is 0 Å². The maximum absolute atomic E-state index is 11.0. The van der Waals surface area contributed by atoms with Gasteiger partial charge in [-0.25, -0.2) is 0 Å². The summed E-state index contributed by atoms with van der Waals surface area (Å²) in [5.41, 5.74) is 12.8. The van der Waals surface area contributed by atoms with Gasteiger partial charge in [-0.15, -0.1) is 0 Å². The van der Waals surface area contributed by atoms with Crippen molar-refractivity contribution in [2.75, 3.05) is 0 Å². The highest BCUT2D eigenvalue weighted by atomic mass is 127. The van der Waals surface area contributed by atoms with Crippen molar-refractivity contribution in [3.05, 3.63) is 54.2 Å². The second-order valence-electron chi connectivity index (χ2n) is 3.18. The number of amides is 1. The fourth-order valence-electron chi connectivity index (χ4n) is 1.19. The number of primary amides is 1. The predicted molar refractivity (Wildman–Crippen MR) is 78.8 cm³/mol. The number of benzene rings is 1. The molecule has 0 aliphatic heterocycles. The lowest BCUT2D eigenvalue weighted by molar-refractivity contribution is 0.100. The summed E-state index contributed by atoms with van der Waals surface area (Å²) < 4.78 is 0.708. The molecule has 4 nitrogen and oxygen atoms in total. The zero-order valence-corrected chi connectivity index (χ0v) is 11.2. The summed E-state index contributed by atoms with van der Waals surface area (Å²) in [5.74, 6) is -0.478. The normalized spacial score (nSPS) is 12.3. The summed E-state index contributed by atoms with van der Waals surface area (Å²) >= 11 is 2.04.